The van der Waals surface area contributed by atoms with Crippen LogP contribution in [0.25, 0.3) is 22.1 Å². The van der Waals surface area contributed by atoms with Gasteiger partial charge in [0.15, 0.2) is 5.65 Å². The smallest absolute Gasteiger partial charge is 0.407 e. The Kier molecular flexibility index (Phi) is 6.18. The highest BCUT2D eigenvalue weighted by Crippen LogP contribution is 2.52. The Morgan fingerprint density at radius 2 is 1.92 bits per heavy atom. The molecule has 0 unspecified atom stereocenters. The zero-order chi connectivity index (χ0) is 27.5. The number of nitrogens with one attached hydrogen (secondary N) is 1. The summed E-state index contributed by atoms with van der Waals surface area (Å²) >= 11 is 0. The quantitative estimate of drug-likeness (QED) is 0.370. The monoisotopic (exact) mass is 551 g/mol. The number of imidazole rings is 1. The van der Waals surface area contributed by atoms with E-state index in [2.05, 4.69) is 14.9 Å². The number of hydrogen-bond acceptors (Lipinski definition) is 7. The fourth-order valence-electron chi connectivity index (χ4n) is 6.29. The summed E-state index contributed by atoms with van der Waals surface area (Å²) in [6.45, 7) is 5.76. The molecule has 206 valence electrons. The van der Waals surface area contributed by atoms with Crippen LogP contribution in [0.2, 0.25) is 0 Å². The van der Waals surface area contributed by atoms with Crippen molar-refractivity contribution in [1.82, 2.24) is 23.8 Å². The van der Waals surface area contributed by atoms with E-state index >= 15 is 0 Å². The third kappa shape index (κ3) is 4.57. The van der Waals surface area contributed by atoms with Crippen molar-refractivity contribution < 1.29 is 23.1 Å². The number of aliphatic hydroxyl groups excluding tert-OH is 1. The van der Waals surface area contributed by atoms with E-state index in [1.807, 2.05) is 20.8 Å². The van der Waals surface area contributed by atoms with Gasteiger partial charge in [0.05, 0.1) is 22.7 Å². The molecule has 2 N–H and O–H groups in total. The highest BCUT2D eigenvalue weighted by atomic mass is 32.2. The van der Waals surface area contributed by atoms with Crippen LogP contribution in [-0.4, -0.2) is 56.4 Å². The Morgan fingerprint density at radius 3 is 2.62 bits per heavy atom. The zero-order valence-corrected chi connectivity index (χ0v) is 23.1. The first-order valence-electron chi connectivity index (χ1n) is 13.4. The van der Waals surface area contributed by atoms with Gasteiger partial charge >= 0.3 is 6.09 Å². The number of ether oxygens (including phenoxy) is 1. The Balaban J connectivity index is 1.43. The maximum absolute atomic E-state index is 13.5. The summed E-state index contributed by atoms with van der Waals surface area (Å²) < 4.78 is 35.7. The maximum atomic E-state index is 13.5. The second kappa shape index (κ2) is 9.34. The fourth-order valence-corrected chi connectivity index (χ4v) is 7.62. The molecular formula is C28H33N5O5S. The third-order valence-electron chi connectivity index (χ3n) is 7.79. The highest BCUT2D eigenvalue weighted by molar-refractivity contribution is 7.90. The Hall–Kier alpha value is -3.44. The number of rotatable bonds is 6. The van der Waals surface area contributed by atoms with Crippen molar-refractivity contribution in [2.24, 2.45) is 11.8 Å². The van der Waals surface area contributed by atoms with E-state index in [0.717, 1.165) is 30.6 Å². The van der Waals surface area contributed by atoms with Gasteiger partial charge in [-0.3, -0.25) is 0 Å². The van der Waals surface area contributed by atoms with Crippen molar-refractivity contribution in [3.05, 3.63) is 54.6 Å². The Bertz CT molecular complexity index is 1650. The lowest BCUT2D eigenvalue weighted by atomic mass is 9.92. The molecule has 4 atom stereocenters. The number of benzene rings is 1. The Labute approximate surface area is 227 Å². The van der Waals surface area contributed by atoms with Gasteiger partial charge < -0.3 is 19.7 Å². The van der Waals surface area contributed by atoms with Crippen molar-refractivity contribution in [3.63, 3.8) is 0 Å². The van der Waals surface area contributed by atoms with E-state index in [9.17, 15) is 18.3 Å². The number of amides is 1. The summed E-state index contributed by atoms with van der Waals surface area (Å²) in [6.07, 6.45) is 5.42. The number of carbonyl (C=O) groups excluding carboxylic acids is 1. The van der Waals surface area contributed by atoms with Crippen LogP contribution in [0.4, 0.5) is 4.79 Å². The number of nitrogens with zero attached hydrogens (tertiary/aromatic N) is 4. The van der Waals surface area contributed by atoms with Gasteiger partial charge in [0.25, 0.3) is 10.0 Å². The predicted molar refractivity (Wildman–Crippen MR) is 146 cm³/mol. The molecule has 0 saturated heterocycles. The first-order valence-corrected chi connectivity index (χ1v) is 14.8. The van der Waals surface area contributed by atoms with Crippen LogP contribution in [0.3, 0.4) is 0 Å². The summed E-state index contributed by atoms with van der Waals surface area (Å²) in [6, 6.07) is 10.1. The number of pyridine rings is 1. The maximum Gasteiger partial charge on any atom is 0.407 e. The van der Waals surface area contributed by atoms with Crippen LogP contribution in [-0.2, 0) is 21.2 Å². The van der Waals surface area contributed by atoms with Gasteiger partial charge in [0.2, 0.25) is 0 Å². The normalized spacial score (nSPS) is 23.1. The van der Waals surface area contributed by atoms with E-state index in [0.29, 0.717) is 35.4 Å². The van der Waals surface area contributed by atoms with E-state index < -0.39 is 21.7 Å². The van der Waals surface area contributed by atoms with Crippen molar-refractivity contribution >= 4 is 38.2 Å². The molecule has 2 saturated carbocycles. The second-order valence-electron chi connectivity index (χ2n) is 11.6. The molecule has 0 radical (unpaired) electrons. The van der Waals surface area contributed by atoms with E-state index in [1.54, 1.807) is 42.6 Å². The number of hydrogen-bond donors (Lipinski definition) is 2. The van der Waals surface area contributed by atoms with Crippen molar-refractivity contribution in [2.75, 3.05) is 6.54 Å². The van der Waals surface area contributed by atoms with Crippen molar-refractivity contribution in [2.45, 2.75) is 69.1 Å². The number of alkyl carbamates (subject to hydrolysis) is 1. The minimum atomic E-state index is -3.85. The van der Waals surface area contributed by atoms with Crippen LogP contribution in [0, 0.1) is 11.8 Å². The average Bonchev–Trinajstić information content (AvgIpc) is 3.64. The van der Waals surface area contributed by atoms with E-state index in [4.69, 9.17) is 9.72 Å². The first-order chi connectivity index (χ1) is 18.5. The molecule has 6 rings (SSSR count). The number of fused-ring (bicyclic) bond motifs is 5. The van der Waals surface area contributed by atoms with Crippen molar-refractivity contribution in [3.8, 4) is 0 Å². The SMILES string of the molecule is CC(C)(C)OC(=O)NCCc1nc2cnc3c(ccn3S(=O)(=O)c3ccccc3)c2n1[C@@H]1C[C@@H]2C[C@H]1[C@@H](O)C2. The molecule has 4 aromatic rings. The molecule has 2 aliphatic rings. The molecule has 2 fully saturated rings. The third-order valence-corrected chi connectivity index (χ3v) is 9.47. The van der Waals surface area contributed by atoms with Crippen LogP contribution in [0.15, 0.2) is 53.7 Å². The van der Waals surface area contributed by atoms with E-state index in [1.165, 1.54) is 10.2 Å². The van der Waals surface area contributed by atoms with Gasteiger partial charge in [-0.05, 0) is 64.2 Å². The molecule has 2 bridgehead atoms. The van der Waals surface area contributed by atoms with Gasteiger partial charge in [-0.25, -0.2) is 27.2 Å². The summed E-state index contributed by atoms with van der Waals surface area (Å²) in [5.74, 6) is 1.31. The van der Waals surface area contributed by atoms with Crippen LogP contribution in [0.1, 0.15) is 51.9 Å². The largest absolute Gasteiger partial charge is 0.444 e. The summed E-state index contributed by atoms with van der Waals surface area (Å²) in [5, 5.41) is 14.2. The van der Waals surface area contributed by atoms with Crippen LogP contribution >= 0.6 is 0 Å². The number of aromatic nitrogens is 4. The molecule has 10 nitrogen and oxygen atoms in total. The van der Waals surface area contributed by atoms with Gasteiger partial charge in [0, 0.05) is 36.5 Å². The van der Waals surface area contributed by atoms with Crippen molar-refractivity contribution in [1.29, 1.82) is 0 Å². The fraction of sp³-hybridized carbons (Fsp3) is 0.464. The molecule has 39 heavy (non-hydrogen) atoms. The summed E-state index contributed by atoms with van der Waals surface area (Å²) in [5.41, 5.74) is 1.19. The molecular weight excluding hydrogens is 518 g/mol. The number of aliphatic hydroxyl groups is 1. The van der Waals surface area contributed by atoms with Crippen LogP contribution < -0.4 is 5.32 Å². The van der Waals surface area contributed by atoms with E-state index in [-0.39, 0.29) is 23.0 Å². The van der Waals surface area contributed by atoms with Crippen LogP contribution in [0.5, 0.6) is 0 Å². The lowest BCUT2D eigenvalue weighted by Crippen LogP contribution is -2.34. The molecule has 1 aromatic carbocycles. The summed E-state index contributed by atoms with van der Waals surface area (Å²) in [4.78, 5) is 21.8. The lowest BCUT2D eigenvalue weighted by Gasteiger charge is -2.29. The minimum absolute atomic E-state index is 0.0277. The highest BCUT2D eigenvalue weighted by Gasteiger charge is 2.47. The van der Waals surface area contributed by atoms with Gasteiger partial charge in [0.1, 0.15) is 16.9 Å². The molecule has 2 aliphatic carbocycles. The topological polar surface area (TPSA) is 128 Å². The first kappa shape index (κ1) is 25.8. The van der Waals surface area contributed by atoms with Gasteiger partial charge in [-0.1, -0.05) is 18.2 Å². The molecule has 3 aromatic heterocycles. The zero-order valence-electron chi connectivity index (χ0n) is 22.2. The predicted octanol–water partition coefficient (Wildman–Crippen LogP) is 4.02. The Morgan fingerprint density at radius 1 is 1.15 bits per heavy atom. The molecule has 1 amide bonds. The van der Waals surface area contributed by atoms with Gasteiger partial charge in [-0.2, -0.15) is 0 Å². The molecule has 0 aliphatic heterocycles. The minimum Gasteiger partial charge on any atom is -0.444 e. The molecule has 11 heteroatoms. The number of carbonyl (C=O) groups is 1. The second-order valence-corrected chi connectivity index (χ2v) is 13.4. The lowest BCUT2D eigenvalue weighted by molar-refractivity contribution is 0.0528. The van der Waals surface area contributed by atoms with Gasteiger partial charge in [-0.15, -0.1) is 0 Å². The average molecular weight is 552 g/mol. The molecule has 3 heterocycles. The summed E-state index contributed by atoms with van der Waals surface area (Å²) in [7, 11) is -3.85. The molecule has 0 spiro atoms. The standard InChI is InChI=1S/C28H33N5O5S/c1-28(2,3)38-27(35)29-11-9-24-31-21-16-30-26-19(10-12-32(26)39(36,37)18-7-5-4-6-8-18)25(21)33(24)22-14-17-13-20(22)23(34)15-17/h4-8,10,12,16-17,20,22-23,34H,9,11,13-15H2,1-3H3,(H,29,35)/t17-,20+,22+,23-/m0/s1.